The van der Waals surface area contributed by atoms with E-state index in [2.05, 4.69) is 0 Å². The summed E-state index contributed by atoms with van der Waals surface area (Å²) in [5.41, 5.74) is -1.03. The fraction of sp³-hybridized carbons (Fsp3) is 0.462. The molecule has 4 nitrogen and oxygen atoms in total. The molecule has 0 spiro atoms. The molecule has 17 heavy (non-hydrogen) atoms. The molecule has 1 fully saturated rings. The van der Waals surface area contributed by atoms with Crippen molar-refractivity contribution in [3.05, 3.63) is 24.3 Å². The lowest BCUT2D eigenvalue weighted by molar-refractivity contribution is -0.154. The monoisotopic (exact) mass is 236 g/mol. The zero-order valence-corrected chi connectivity index (χ0v) is 9.81. The van der Waals surface area contributed by atoms with Crippen LogP contribution in [-0.4, -0.2) is 23.8 Å². The molecule has 2 rings (SSSR count). The van der Waals surface area contributed by atoms with Crippen LogP contribution in [0.2, 0.25) is 0 Å². The highest BCUT2D eigenvalue weighted by Crippen LogP contribution is 2.35. The van der Waals surface area contributed by atoms with Crippen molar-refractivity contribution in [1.29, 1.82) is 0 Å². The number of benzene rings is 1. The lowest BCUT2D eigenvalue weighted by atomic mass is 10.0. The second kappa shape index (κ2) is 4.65. The molecule has 1 saturated carbocycles. The zero-order valence-electron chi connectivity index (χ0n) is 9.81. The Morgan fingerprint density at radius 2 is 1.71 bits per heavy atom. The molecule has 0 amide bonds. The van der Waals surface area contributed by atoms with Crippen LogP contribution in [0.25, 0.3) is 0 Å². The minimum absolute atomic E-state index is 0.578. The van der Waals surface area contributed by atoms with Crippen LogP contribution in [0.5, 0.6) is 11.5 Å². The molecule has 92 valence electrons. The summed E-state index contributed by atoms with van der Waals surface area (Å²) in [6.45, 7) is 0. The van der Waals surface area contributed by atoms with Crippen molar-refractivity contribution in [2.75, 3.05) is 7.11 Å². The molecule has 0 atom stereocenters. The topological polar surface area (TPSA) is 55.8 Å². The van der Waals surface area contributed by atoms with E-state index >= 15 is 0 Å². The van der Waals surface area contributed by atoms with Gasteiger partial charge in [-0.25, -0.2) is 4.79 Å². The van der Waals surface area contributed by atoms with Crippen LogP contribution < -0.4 is 9.47 Å². The molecule has 0 radical (unpaired) electrons. The van der Waals surface area contributed by atoms with Gasteiger partial charge in [0.15, 0.2) is 0 Å². The average molecular weight is 236 g/mol. The van der Waals surface area contributed by atoms with Gasteiger partial charge in [0.1, 0.15) is 11.5 Å². The van der Waals surface area contributed by atoms with Crippen molar-refractivity contribution in [2.24, 2.45) is 0 Å². The van der Waals surface area contributed by atoms with Gasteiger partial charge in [0, 0.05) is 0 Å². The number of ether oxygens (including phenoxy) is 2. The van der Waals surface area contributed by atoms with E-state index in [0.717, 1.165) is 18.6 Å². The fourth-order valence-electron chi connectivity index (χ4n) is 2.18. The largest absolute Gasteiger partial charge is 0.497 e. The zero-order chi connectivity index (χ0) is 12.3. The first-order chi connectivity index (χ1) is 8.16. The van der Waals surface area contributed by atoms with Crippen molar-refractivity contribution in [3.63, 3.8) is 0 Å². The van der Waals surface area contributed by atoms with Crippen LogP contribution in [0.1, 0.15) is 25.7 Å². The highest BCUT2D eigenvalue weighted by molar-refractivity contribution is 5.78. The van der Waals surface area contributed by atoms with Crippen LogP contribution >= 0.6 is 0 Å². The predicted molar refractivity (Wildman–Crippen MR) is 62.5 cm³/mol. The number of hydrogen-bond acceptors (Lipinski definition) is 3. The lowest BCUT2D eigenvalue weighted by Crippen LogP contribution is -2.41. The minimum Gasteiger partial charge on any atom is -0.497 e. The van der Waals surface area contributed by atoms with E-state index in [9.17, 15) is 9.90 Å². The summed E-state index contributed by atoms with van der Waals surface area (Å²) in [5, 5.41) is 9.28. The second-order valence-electron chi connectivity index (χ2n) is 4.28. The van der Waals surface area contributed by atoms with Gasteiger partial charge >= 0.3 is 5.97 Å². The first kappa shape index (κ1) is 11.8. The Labute approximate surface area is 100 Å². The Kier molecular flexibility index (Phi) is 3.22. The highest BCUT2D eigenvalue weighted by atomic mass is 16.5. The molecule has 0 saturated heterocycles. The maximum atomic E-state index is 11.3. The van der Waals surface area contributed by atoms with Gasteiger partial charge in [-0.3, -0.25) is 0 Å². The number of hydrogen-bond donors (Lipinski definition) is 1. The third-order valence-corrected chi connectivity index (χ3v) is 3.17. The predicted octanol–water partition coefficient (Wildman–Crippen LogP) is 2.47. The summed E-state index contributed by atoms with van der Waals surface area (Å²) in [7, 11) is 1.59. The molecule has 0 heterocycles. The summed E-state index contributed by atoms with van der Waals surface area (Å²) in [6.07, 6.45) is 2.97. The SMILES string of the molecule is COc1ccc(OC2(C(=O)O)CCCC2)cc1. The number of carbonyl (C=O) groups is 1. The molecule has 1 aliphatic rings. The molecule has 0 bridgehead atoms. The average Bonchev–Trinajstić information content (AvgIpc) is 2.80. The van der Waals surface area contributed by atoms with E-state index < -0.39 is 11.6 Å². The lowest BCUT2D eigenvalue weighted by Gasteiger charge is -2.25. The van der Waals surface area contributed by atoms with Crippen molar-refractivity contribution < 1.29 is 19.4 Å². The molecule has 0 unspecified atom stereocenters. The molecule has 1 aliphatic carbocycles. The van der Waals surface area contributed by atoms with E-state index in [1.165, 1.54) is 0 Å². The normalized spacial score (nSPS) is 17.7. The summed E-state index contributed by atoms with van der Waals surface area (Å²) in [5.74, 6) is 0.439. The first-order valence-electron chi connectivity index (χ1n) is 5.73. The first-order valence-corrected chi connectivity index (χ1v) is 5.73. The summed E-state index contributed by atoms with van der Waals surface area (Å²) in [4.78, 5) is 11.3. The molecular weight excluding hydrogens is 220 g/mol. The van der Waals surface area contributed by atoms with Gasteiger partial charge in [-0.2, -0.15) is 0 Å². The summed E-state index contributed by atoms with van der Waals surface area (Å²) >= 11 is 0. The Hall–Kier alpha value is -1.71. The van der Waals surface area contributed by atoms with Crippen molar-refractivity contribution in [1.82, 2.24) is 0 Å². The minimum atomic E-state index is -1.03. The van der Waals surface area contributed by atoms with Crippen LogP contribution in [0, 0.1) is 0 Å². The third-order valence-electron chi connectivity index (χ3n) is 3.17. The van der Waals surface area contributed by atoms with Gasteiger partial charge in [-0.15, -0.1) is 0 Å². The Balaban J connectivity index is 2.15. The molecular formula is C13H16O4. The molecule has 1 aromatic carbocycles. The van der Waals surface area contributed by atoms with Gasteiger partial charge in [-0.05, 0) is 49.9 Å². The fourth-order valence-corrected chi connectivity index (χ4v) is 2.18. The number of aliphatic carboxylic acids is 1. The highest BCUT2D eigenvalue weighted by Gasteiger charge is 2.43. The second-order valence-corrected chi connectivity index (χ2v) is 4.28. The maximum Gasteiger partial charge on any atom is 0.348 e. The number of methoxy groups -OCH3 is 1. The van der Waals surface area contributed by atoms with Crippen LogP contribution in [-0.2, 0) is 4.79 Å². The standard InChI is InChI=1S/C13H16O4/c1-16-10-4-6-11(7-5-10)17-13(12(14)15)8-2-3-9-13/h4-7H,2-3,8-9H2,1H3,(H,14,15). The van der Waals surface area contributed by atoms with Gasteiger partial charge in [0.25, 0.3) is 0 Å². The van der Waals surface area contributed by atoms with Gasteiger partial charge in [0.2, 0.25) is 5.60 Å². The van der Waals surface area contributed by atoms with Crippen LogP contribution in [0.4, 0.5) is 0 Å². The smallest absolute Gasteiger partial charge is 0.348 e. The maximum absolute atomic E-state index is 11.3. The van der Waals surface area contributed by atoms with E-state index in [1.807, 2.05) is 0 Å². The third kappa shape index (κ3) is 2.35. The Morgan fingerprint density at radius 3 is 2.18 bits per heavy atom. The number of carboxylic acids is 1. The molecule has 0 aliphatic heterocycles. The van der Waals surface area contributed by atoms with Gasteiger partial charge in [-0.1, -0.05) is 0 Å². The van der Waals surface area contributed by atoms with E-state index in [1.54, 1.807) is 31.4 Å². The van der Waals surface area contributed by atoms with Crippen molar-refractivity contribution in [3.8, 4) is 11.5 Å². The van der Waals surface area contributed by atoms with Crippen molar-refractivity contribution >= 4 is 5.97 Å². The summed E-state index contributed by atoms with van der Waals surface area (Å²) in [6, 6.07) is 7.00. The Morgan fingerprint density at radius 1 is 1.18 bits per heavy atom. The molecule has 1 N–H and O–H groups in total. The van der Waals surface area contributed by atoms with Crippen LogP contribution in [0.15, 0.2) is 24.3 Å². The molecule has 0 aromatic heterocycles. The van der Waals surface area contributed by atoms with E-state index in [-0.39, 0.29) is 0 Å². The van der Waals surface area contributed by atoms with E-state index in [0.29, 0.717) is 18.6 Å². The molecule has 1 aromatic rings. The Bertz CT molecular complexity index is 390. The van der Waals surface area contributed by atoms with Gasteiger partial charge < -0.3 is 14.6 Å². The van der Waals surface area contributed by atoms with Crippen molar-refractivity contribution in [2.45, 2.75) is 31.3 Å². The van der Waals surface area contributed by atoms with E-state index in [4.69, 9.17) is 9.47 Å². The quantitative estimate of drug-likeness (QED) is 0.872. The number of rotatable bonds is 4. The summed E-state index contributed by atoms with van der Waals surface area (Å²) < 4.78 is 10.7. The molecule has 4 heteroatoms. The number of carboxylic acid groups (broad SMARTS) is 1. The van der Waals surface area contributed by atoms with Crippen LogP contribution in [0.3, 0.4) is 0 Å². The van der Waals surface area contributed by atoms with Gasteiger partial charge in [0.05, 0.1) is 7.11 Å².